The van der Waals surface area contributed by atoms with Gasteiger partial charge in [-0.2, -0.15) is 0 Å². The minimum Gasteiger partial charge on any atom is -0.338 e. The predicted octanol–water partition coefficient (Wildman–Crippen LogP) is 3.26. The standard InChI is InChI=1S/C21H22N4OS2/c1-4-14-5-7-17-19(11-14)28-21(23-17)25(10-9-24(2)3)20(26)15-6-8-16-18(12-15)27-13-22-16/h5-8,11-13H,4,9-10H2,1-3H3/p+1. The molecule has 2 heterocycles. The molecule has 0 fully saturated rings. The van der Waals surface area contributed by atoms with E-state index < -0.39 is 0 Å². The van der Waals surface area contributed by atoms with Gasteiger partial charge in [0.1, 0.15) is 0 Å². The van der Waals surface area contributed by atoms with Crippen molar-refractivity contribution in [3.05, 3.63) is 53.0 Å². The first-order valence-electron chi connectivity index (χ1n) is 9.38. The molecule has 7 heteroatoms. The van der Waals surface area contributed by atoms with E-state index in [1.54, 1.807) is 22.7 Å². The van der Waals surface area contributed by atoms with Crippen LogP contribution in [-0.2, 0) is 6.42 Å². The van der Waals surface area contributed by atoms with E-state index >= 15 is 0 Å². The number of hydrogen-bond acceptors (Lipinski definition) is 5. The van der Waals surface area contributed by atoms with E-state index in [4.69, 9.17) is 4.98 Å². The second-order valence-corrected chi connectivity index (χ2v) is 9.00. The van der Waals surface area contributed by atoms with E-state index in [9.17, 15) is 4.79 Å². The Morgan fingerprint density at radius 1 is 1.11 bits per heavy atom. The van der Waals surface area contributed by atoms with Crippen LogP contribution in [0.1, 0.15) is 22.8 Å². The zero-order valence-corrected chi connectivity index (χ0v) is 17.9. The van der Waals surface area contributed by atoms with E-state index in [1.807, 2.05) is 28.6 Å². The van der Waals surface area contributed by atoms with Crippen LogP contribution in [0.25, 0.3) is 20.4 Å². The second kappa shape index (κ2) is 7.95. The first kappa shape index (κ1) is 19.0. The molecule has 0 saturated carbocycles. The molecule has 0 aliphatic carbocycles. The van der Waals surface area contributed by atoms with E-state index in [0.717, 1.165) is 38.5 Å². The van der Waals surface area contributed by atoms with Gasteiger partial charge in [-0.15, -0.1) is 11.3 Å². The number of aromatic nitrogens is 2. The maximum atomic E-state index is 13.4. The molecule has 5 nitrogen and oxygen atoms in total. The summed E-state index contributed by atoms with van der Waals surface area (Å²) in [7, 11) is 4.19. The molecular formula is C21H23N4OS2+. The van der Waals surface area contributed by atoms with Crippen molar-refractivity contribution >= 4 is 54.1 Å². The van der Waals surface area contributed by atoms with Crippen molar-refractivity contribution < 1.29 is 9.69 Å². The van der Waals surface area contributed by atoms with Crippen molar-refractivity contribution in [3.8, 4) is 0 Å². The Morgan fingerprint density at radius 3 is 2.71 bits per heavy atom. The molecule has 0 aliphatic rings. The van der Waals surface area contributed by atoms with Crippen LogP contribution in [0.5, 0.6) is 0 Å². The number of aryl methyl sites for hydroxylation is 1. The third kappa shape index (κ3) is 3.78. The van der Waals surface area contributed by atoms with Crippen LogP contribution in [-0.4, -0.2) is 43.1 Å². The molecule has 0 bridgehead atoms. The largest absolute Gasteiger partial charge is 0.338 e. The highest BCUT2D eigenvalue weighted by atomic mass is 32.1. The topological polar surface area (TPSA) is 50.5 Å². The van der Waals surface area contributed by atoms with Gasteiger partial charge in [-0.1, -0.05) is 24.3 Å². The molecule has 144 valence electrons. The summed E-state index contributed by atoms with van der Waals surface area (Å²) < 4.78 is 2.16. The first-order chi connectivity index (χ1) is 13.5. The van der Waals surface area contributed by atoms with Crippen LogP contribution < -0.4 is 9.80 Å². The lowest BCUT2D eigenvalue weighted by molar-refractivity contribution is -0.856. The van der Waals surface area contributed by atoms with Crippen molar-refractivity contribution in [2.24, 2.45) is 0 Å². The van der Waals surface area contributed by atoms with Gasteiger partial charge in [0, 0.05) is 5.56 Å². The molecule has 1 N–H and O–H groups in total. The fourth-order valence-corrected chi connectivity index (χ4v) is 4.83. The number of benzene rings is 2. The fraction of sp³-hybridized carbons (Fsp3) is 0.286. The number of nitrogens with one attached hydrogen (secondary N) is 1. The van der Waals surface area contributed by atoms with Crippen LogP contribution in [0.3, 0.4) is 0 Å². The lowest BCUT2D eigenvalue weighted by atomic mass is 10.2. The third-order valence-electron chi connectivity index (χ3n) is 4.74. The van der Waals surface area contributed by atoms with Crippen LogP contribution >= 0.6 is 22.7 Å². The first-order valence-corrected chi connectivity index (χ1v) is 11.1. The smallest absolute Gasteiger partial charge is 0.260 e. The number of carbonyl (C=O) groups excluding carboxylic acids is 1. The Morgan fingerprint density at radius 2 is 1.93 bits per heavy atom. The Hall–Kier alpha value is -2.35. The van der Waals surface area contributed by atoms with Gasteiger partial charge in [-0.25, -0.2) is 9.97 Å². The van der Waals surface area contributed by atoms with E-state index in [-0.39, 0.29) is 5.91 Å². The fourth-order valence-electron chi connectivity index (χ4n) is 3.06. The minimum atomic E-state index is -0.00804. The summed E-state index contributed by atoms with van der Waals surface area (Å²) in [5, 5.41) is 0.763. The number of thiazole rings is 2. The zero-order valence-electron chi connectivity index (χ0n) is 16.2. The summed E-state index contributed by atoms with van der Waals surface area (Å²) in [6.07, 6.45) is 0.991. The quantitative estimate of drug-likeness (QED) is 0.530. The van der Waals surface area contributed by atoms with E-state index in [2.05, 4.69) is 44.2 Å². The molecule has 4 rings (SSSR count). The molecule has 4 aromatic rings. The normalized spacial score (nSPS) is 11.6. The van der Waals surface area contributed by atoms with E-state index in [1.165, 1.54) is 10.5 Å². The van der Waals surface area contributed by atoms with Gasteiger partial charge in [0.25, 0.3) is 5.91 Å². The molecule has 0 radical (unpaired) electrons. The maximum absolute atomic E-state index is 13.4. The summed E-state index contributed by atoms with van der Waals surface area (Å²) in [5.74, 6) is -0.00804. The number of anilines is 1. The molecule has 1 amide bonds. The van der Waals surface area contributed by atoms with Crippen molar-refractivity contribution in [3.63, 3.8) is 0 Å². The van der Waals surface area contributed by atoms with Crippen LogP contribution in [0, 0.1) is 0 Å². The molecule has 2 aromatic carbocycles. The van der Waals surface area contributed by atoms with Gasteiger partial charge in [0.05, 0.1) is 53.1 Å². The van der Waals surface area contributed by atoms with Gasteiger partial charge >= 0.3 is 0 Å². The van der Waals surface area contributed by atoms with Crippen molar-refractivity contribution in [2.45, 2.75) is 13.3 Å². The highest BCUT2D eigenvalue weighted by Crippen LogP contribution is 2.31. The van der Waals surface area contributed by atoms with Gasteiger partial charge in [0.15, 0.2) is 5.13 Å². The second-order valence-electron chi connectivity index (χ2n) is 7.10. The summed E-state index contributed by atoms with van der Waals surface area (Å²) in [5.41, 5.74) is 5.65. The summed E-state index contributed by atoms with van der Waals surface area (Å²) in [6, 6.07) is 12.1. The molecule has 2 aromatic heterocycles. The Bertz CT molecular complexity index is 1130. The number of amides is 1. The molecule has 0 aliphatic heterocycles. The van der Waals surface area contributed by atoms with Crippen molar-refractivity contribution in [1.29, 1.82) is 0 Å². The lowest BCUT2D eigenvalue weighted by Crippen LogP contribution is -3.06. The average molecular weight is 412 g/mol. The highest BCUT2D eigenvalue weighted by Gasteiger charge is 2.22. The molecule has 0 saturated heterocycles. The summed E-state index contributed by atoms with van der Waals surface area (Å²) in [6.45, 7) is 3.63. The van der Waals surface area contributed by atoms with Crippen LogP contribution in [0.15, 0.2) is 41.9 Å². The predicted molar refractivity (Wildman–Crippen MR) is 118 cm³/mol. The SMILES string of the molecule is CCc1ccc2nc(N(CC[NH+](C)C)C(=O)c3ccc4ncsc4c3)sc2c1. The average Bonchev–Trinajstić information content (AvgIpc) is 3.32. The number of fused-ring (bicyclic) bond motifs is 2. The van der Waals surface area contributed by atoms with Gasteiger partial charge in [0.2, 0.25) is 0 Å². The van der Waals surface area contributed by atoms with Crippen LogP contribution in [0.4, 0.5) is 5.13 Å². The highest BCUT2D eigenvalue weighted by molar-refractivity contribution is 7.22. The number of carbonyl (C=O) groups is 1. The molecule has 28 heavy (non-hydrogen) atoms. The zero-order chi connectivity index (χ0) is 19.7. The Kier molecular flexibility index (Phi) is 5.39. The number of quaternary nitrogens is 1. The number of hydrogen-bond donors (Lipinski definition) is 1. The van der Waals surface area contributed by atoms with Crippen molar-refractivity contribution in [2.75, 3.05) is 32.1 Å². The number of nitrogens with zero attached hydrogens (tertiary/aromatic N) is 3. The summed E-state index contributed by atoms with van der Waals surface area (Å²) in [4.78, 5) is 25.6. The number of rotatable bonds is 6. The van der Waals surface area contributed by atoms with Gasteiger partial charge in [-0.3, -0.25) is 9.69 Å². The molecule has 0 spiro atoms. The molecular weight excluding hydrogens is 388 g/mol. The Balaban J connectivity index is 1.72. The Labute approximate surface area is 172 Å². The minimum absolute atomic E-state index is 0.00804. The third-order valence-corrected chi connectivity index (χ3v) is 6.57. The van der Waals surface area contributed by atoms with Gasteiger partial charge < -0.3 is 4.90 Å². The monoisotopic (exact) mass is 411 g/mol. The van der Waals surface area contributed by atoms with Crippen LogP contribution in [0.2, 0.25) is 0 Å². The van der Waals surface area contributed by atoms with Gasteiger partial charge in [-0.05, 0) is 42.3 Å². The number of likely N-dealkylation sites (N-methyl/N-ethyl adjacent to an activating group) is 1. The summed E-state index contributed by atoms with van der Waals surface area (Å²) >= 11 is 3.14. The molecule has 0 unspecified atom stereocenters. The maximum Gasteiger partial charge on any atom is 0.260 e. The van der Waals surface area contributed by atoms with Crippen molar-refractivity contribution in [1.82, 2.24) is 9.97 Å². The van der Waals surface area contributed by atoms with E-state index in [0.29, 0.717) is 12.1 Å². The lowest BCUT2D eigenvalue weighted by Gasteiger charge is -2.20. The molecule has 0 atom stereocenters.